The lowest BCUT2D eigenvalue weighted by atomic mass is 10.0. The molecule has 0 aliphatic rings. The number of nitrogens with zero attached hydrogens (tertiary/aromatic N) is 1. The molecular formula is C15H17N3O4S. The van der Waals surface area contributed by atoms with Gasteiger partial charge in [0.05, 0.1) is 15.9 Å². The van der Waals surface area contributed by atoms with E-state index in [4.69, 9.17) is 5.14 Å². The highest BCUT2D eigenvalue weighted by molar-refractivity contribution is 7.89. The first-order valence-electron chi connectivity index (χ1n) is 6.95. The average Bonchev–Trinajstić information content (AvgIpc) is 2.52. The molecule has 0 saturated heterocycles. The third kappa shape index (κ3) is 4.27. The van der Waals surface area contributed by atoms with E-state index < -0.39 is 14.9 Å². The summed E-state index contributed by atoms with van der Waals surface area (Å²) in [6.45, 7) is 1.95. The molecule has 7 nitrogen and oxygen atoms in total. The van der Waals surface area contributed by atoms with Gasteiger partial charge in [-0.2, -0.15) is 0 Å². The molecule has 8 heteroatoms. The van der Waals surface area contributed by atoms with E-state index in [0.717, 1.165) is 5.56 Å². The van der Waals surface area contributed by atoms with Gasteiger partial charge in [0.15, 0.2) is 0 Å². The van der Waals surface area contributed by atoms with Crippen molar-refractivity contribution in [1.29, 1.82) is 0 Å². The van der Waals surface area contributed by atoms with Crippen LogP contribution in [0.4, 0.5) is 11.4 Å². The van der Waals surface area contributed by atoms with Crippen LogP contribution in [0.1, 0.15) is 24.9 Å². The van der Waals surface area contributed by atoms with Crippen LogP contribution in [0.15, 0.2) is 53.4 Å². The highest BCUT2D eigenvalue weighted by Crippen LogP contribution is 2.25. The van der Waals surface area contributed by atoms with E-state index in [1.807, 2.05) is 6.92 Å². The zero-order chi connectivity index (χ0) is 17.0. The van der Waals surface area contributed by atoms with Gasteiger partial charge in [0.2, 0.25) is 10.0 Å². The van der Waals surface area contributed by atoms with Crippen LogP contribution in [-0.2, 0) is 10.0 Å². The number of primary sulfonamides is 1. The van der Waals surface area contributed by atoms with Gasteiger partial charge >= 0.3 is 0 Å². The predicted octanol–water partition coefficient (Wildman–Crippen LogP) is 2.81. The quantitative estimate of drug-likeness (QED) is 0.622. The van der Waals surface area contributed by atoms with Crippen molar-refractivity contribution >= 4 is 21.4 Å². The summed E-state index contributed by atoms with van der Waals surface area (Å²) in [5, 5.41) is 19.0. The Hall–Kier alpha value is -2.45. The van der Waals surface area contributed by atoms with Crippen molar-refractivity contribution in [2.75, 3.05) is 5.32 Å². The summed E-state index contributed by atoms with van der Waals surface area (Å²) in [5.41, 5.74) is 1.50. The fourth-order valence-electron chi connectivity index (χ4n) is 2.21. The third-order valence-corrected chi connectivity index (χ3v) is 4.33. The van der Waals surface area contributed by atoms with Gasteiger partial charge in [-0.15, -0.1) is 0 Å². The minimum atomic E-state index is -3.76. The number of nitrogens with two attached hydrogens (primary N) is 1. The average molecular weight is 335 g/mol. The second-order valence-electron chi connectivity index (χ2n) is 5.03. The number of hydrogen-bond donors (Lipinski definition) is 2. The van der Waals surface area contributed by atoms with Gasteiger partial charge in [0.1, 0.15) is 0 Å². The standard InChI is InChI=1S/C15H17N3O4S/c1-2-15(11-4-3-5-14(10-11)23(16,21)22)17-12-6-8-13(9-7-12)18(19)20/h3-10,15,17H,2H2,1H3,(H2,16,21,22)/t15-/m0/s1. The molecule has 0 saturated carbocycles. The Labute approximate surface area is 134 Å². The van der Waals surface area contributed by atoms with Gasteiger partial charge in [0.25, 0.3) is 5.69 Å². The largest absolute Gasteiger partial charge is 0.378 e. The Morgan fingerprint density at radius 1 is 1.22 bits per heavy atom. The summed E-state index contributed by atoms with van der Waals surface area (Å²) in [6.07, 6.45) is 0.699. The van der Waals surface area contributed by atoms with Crippen LogP contribution >= 0.6 is 0 Å². The summed E-state index contributed by atoms with van der Waals surface area (Å²) < 4.78 is 22.9. The van der Waals surface area contributed by atoms with Gasteiger partial charge in [-0.25, -0.2) is 13.6 Å². The Kier molecular flexibility index (Phi) is 4.97. The highest BCUT2D eigenvalue weighted by Gasteiger charge is 2.14. The lowest BCUT2D eigenvalue weighted by molar-refractivity contribution is -0.384. The van der Waals surface area contributed by atoms with E-state index >= 15 is 0 Å². The van der Waals surface area contributed by atoms with Crippen molar-refractivity contribution in [3.05, 3.63) is 64.2 Å². The van der Waals surface area contributed by atoms with E-state index in [1.165, 1.54) is 24.3 Å². The first-order chi connectivity index (χ1) is 10.8. The zero-order valence-corrected chi connectivity index (χ0v) is 13.3. The lowest BCUT2D eigenvalue weighted by Crippen LogP contribution is -2.14. The predicted molar refractivity (Wildman–Crippen MR) is 87.6 cm³/mol. The van der Waals surface area contributed by atoms with Crippen LogP contribution in [0, 0.1) is 10.1 Å². The van der Waals surface area contributed by atoms with Crippen LogP contribution in [0.2, 0.25) is 0 Å². The summed E-state index contributed by atoms with van der Waals surface area (Å²) in [6, 6.07) is 12.3. The van der Waals surface area contributed by atoms with E-state index in [1.54, 1.807) is 24.3 Å². The van der Waals surface area contributed by atoms with Gasteiger partial charge in [-0.3, -0.25) is 10.1 Å². The molecule has 0 amide bonds. The van der Waals surface area contributed by atoms with E-state index in [-0.39, 0.29) is 16.6 Å². The molecule has 0 aromatic heterocycles. The van der Waals surface area contributed by atoms with Crippen molar-refractivity contribution in [3.8, 4) is 0 Å². The summed E-state index contributed by atoms with van der Waals surface area (Å²) in [7, 11) is -3.76. The van der Waals surface area contributed by atoms with E-state index in [9.17, 15) is 18.5 Å². The monoisotopic (exact) mass is 335 g/mol. The maximum Gasteiger partial charge on any atom is 0.269 e. The molecule has 0 unspecified atom stereocenters. The van der Waals surface area contributed by atoms with Gasteiger partial charge in [-0.1, -0.05) is 19.1 Å². The number of hydrogen-bond acceptors (Lipinski definition) is 5. The SMILES string of the molecule is CC[C@H](Nc1ccc([N+](=O)[O-])cc1)c1cccc(S(N)(=O)=O)c1. The molecule has 0 aliphatic carbocycles. The number of rotatable bonds is 6. The zero-order valence-electron chi connectivity index (χ0n) is 12.5. The van der Waals surface area contributed by atoms with Crippen molar-refractivity contribution < 1.29 is 13.3 Å². The molecule has 0 radical (unpaired) electrons. The van der Waals surface area contributed by atoms with E-state index in [0.29, 0.717) is 12.1 Å². The Bertz CT molecular complexity index is 804. The lowest BCUT2D eigenvalue weighted by Gasteiger charge is -2.19. The maximum atomic E-state index is 11.4. The van der Waals surface area contributed by atoms with Crippen LogP contribution in [0.25, 0.3) is 0 Å². The van der Waals surface area contributed by atoms with Crippen LogP contribution in [0.5, 0.6) is 0 Å². The fourth-order valence-corrected chi connectivity index (χ4v) is 2.78. The van der Waals surface area contributed by atoms with Gasteiger partial charge in [-0.05, 0) is 36.2 Å². The minimum Gasteiger partial charge on any atom is -0.378 e. The normalized spacial score (nSPS) is 12.6. The maximum absolute atomic E-state index is 11.4. The van der Waals surface area contributed by atoms with Gasteiger partial charge < -0.3 is 5.32 Å². The Morgan fingerprint density at radius 2 is 1.87 bits per heavy atom. The molecule has 0 heterocycles. The first-order valence-corrected chi connectivity index (χ1v) is 8.49. The number of sulfonamides is 1. The van der Waals surface area contributed by atoms with Crippen molar-refractivity contribution in [1.82, 2.24) is 0 Å². The fraction of sp³-hybridized carbons (Fsp3) is 0.200. The van der Waals surface area contributed by atoms with Crippen LogP contribution < -0.4 is 10.5 Å². The molecule has 0 fully saturated rings. The van der Waals surface area contributed by atoms with Crippen molar-refractivity contribution in [2.24, 2.45) is 5.14 Å². The summed E-state index contributed by atoms with van der Waals surface area (Å²) in [5.74, 6) is 0. The second kappa shape index (κ2) is 6.76. The molecule has 1 atom stereocenters. The minimum absolute atomic E-state index is 0.0137. The summed E-state index contributed by atoms with van der Waals surface area (Å²) in [4.78, 5) is 10.3. The van der Waals surface area contributed by atoms with E-state index in [2.05, 4.69) is 5.32 Å². The first kappa shape index (κ1) is 16.9. The molecule has 3 N–H and O–H groups in total. The summed E-state index contributed by atoms with van der Waals surface area (Å²) >= 11 is 0. The number of nitro groups is 1. The molecule has 0 bridgehead atoms. The number of benzene rings is 2. The molecule has 2 rings (SSSR count). The topological polar surface area (TPSA) is 115 Å². The Morgan fingerprint density at radius 3 is 2.39 bits per heavy atom. The van der Waals surface area contributed by atoms with Gasteiger partial charge in [0, 0.05) is 17.8 Å². The number of nitrogens with one attached hydrogen (secondary N) is 1. The molecule has 2 aromatic carbocycles. The van der Waals surface area contributed by atoms with Crippen molar-refractivity contribution in [2.45, 2.75) is 24.3 Å². The molecule has 2 aromatic rings. The molecule has 122 valence electrons. The van der Waals surface area contributed by atoms with Crippen LogP contribution in [-0.4, -0.2) is 13.3 Å². The molecule has 0 spiro atoms. The third-order valence-electron chi connectivity index (χ3n) is 3.42. The molecular weight excluding hydrogens is 318 g/mol. The highest BCUT2D eigenvalue weighted by atomic mass is 32.2. The van der Waals surface area contributed by atoms with Crippen LogP contribution in [0.3, 0.4) is 0 Å². The number of nitro benzene ring substituents is 1. The molecule has 0 aliphatic heterocycles. The number of anilines is 1. The Balaban J connectivity index is 2.25. The second-order valence-corrected chi connectivity index (χ2v) is 6.59. The van der Waals surface area contributed by atoms with Crippen molar-refractivity contribution in [3.63, 3.8) is 0 Å². The molecule has 23 heavy (non-hydrogen) atoms. The smallest absolute Gasteiger partial charge is 0.269 e. The number of non-ortho nitro benzene ring substituents is 1.